The third kappa shape index (κ3) is 3.45. The van der Waals surface area contributed by atoms with Crippen molar-refractivity contribution in [2.75, 3.05) is 6.61 Å². The second-order valence-corrected chi connectivity index (χ2v) is 4.08. The number of nitrogens with zero attached hydrogens (tertiary/aromatic N) is 2. The first-order chi connectivity index (χ1) is 8.75. The zero-order valence-electron chi connectivity index (χ0n) is 10.4. The number of hydrogen-bond acceptors (Lipinski definition) is 3. The Labute approximate surface area is 106 Å². The predicted octanol–water partition coefficient (Wildman–Crippen LogP) is 2.00. The van der Waals surface area contributed by atoms with Crippen LogP contribution in [0.2, 0.25) is 0 Å². The van der Waals surface area contributed by atoms with Gasteiger partial charge in [0.1, 0.15) is 17.4 Å². The monoisotopic (exact) mass is 244 g/mol. The van der Waals surface area contributed by atoms with Crippen molar-refractivity contribution in [2.24, 2.45) is 7.05 Å². The van der Waals surface area contributed by atoms with E-state index in [-0.39, 0.29) is 5.78 Å². The molecule has 2 rings (SSSR count). The largest absolute Gasteiger partial charge is 0.493 e. The normalized spacial score (nSPS) is 10.3. The molecule has 1 aromatic carbocycles. The summed E-state index contributed by atoms with van der Waals surface area (Å²) in [6.45, 7) is 0.410. The molecule has 0 amide bonds. The number of carbonyl (C=O) groups is 1. The zero-order valence-corrected chi connectivity index (χ0v) is 10.4. The van der Waals surface area contributed by atoms with E-state index in [1.807, 2.05) is 48.1 Å². The van der Waals surface area contributed by atoms with Gasteiger partial charge in [-0.2, -0.15) is 0 Å². The van der Waals surface area contributed by atoms with Crippen molar-refractivity contribution in [2.45, 2.75) is 12.8 Å². The number of ether oxygens (including phenoxy) is 1. The minimum Gasteiger partial charge on any atom is -0.493 e. The molecule has 0 aliphatic carbocycles. The quantitative estimate of drug-likeness (QED) is 0.780. The number of benzene rings is 1. The van der Waals surface area contributed by atoms with Gasteiger partial charge in [-0.05, 0) is 12.1 Å². The number of rotatable bonds is 6. The molecule has 0 atom stereocenters. The van der Waals surface area contributed by atoms with Gasteiger partial charge in [-0.25, -0.2) is 4.98 Å². The van der Waals surface area contributed by atoms with Crippen LogP contribution in [0, 0.1) is 0 Å². The van der Waals surface area contributed by atoms with E-state index >= 15 is 0 Å². The number of Topliss-reactive ketones (excluding diaryl/α,β-unsaturated/α-hetero) is 1. The van der Waals surface area contributed by atoms with Crippen LogP contribution in [0.25, 0.3) is 0 Å². The van der Waals surface area contributed by atoms with E-state index in [2.05, 4.69) is 4.98 Å². The van der Waals surface area contributed by atoms with Crippen molar-refractivity contribution >= 4 is 5.78 Å². The molecule has 0 saturated heterocycles. The number of aryl methyl sites for hydroxylation is 1. The van der Waals surface area contributed by atoms with Gasteiger partial charge in [0.15, 0.2) is 0 Å². The molecule has 0 aliphatic heterocycles. The average molecular weight is 244 g/mol. The van der Waals surface area contributed by atoms with Gasteiger partial charge >= 0.3 is 0 Å². The van der Waals surface area contributed by atoms with E-state index in [0.29, 0.717) is 19.4 Å². The summed E-state index contributed by atoms with van der Waals surface area (Å²) in [5.41, 5.74) is 0. The maximum absolute atomic E-state index is 11.7. The lowest BCUT2D eigenvalue weighted by Crippen LogP contribution is -2.11. The van der Waals surface area contributed by atoms with Gasteiger partial charge in [-0.1, -0.05) is 18.2 Å². The summed E-state index contributed by atoms with van der Waals surface area (Å²) >= 11 is 0. The summed E-state index contributed by atoms with van der Waals surface area (Å²) in [5.74, 6) is 1.72. The SMILES string of the molecule is Cn1ccnc1CC(=O)CCOc1ccccc1. The van der Waals surface area contributed by atoms with Crippen LogP contribution in [0.4, 0.5) is 0 Å². The van der Waals surface area contributed by atoms with Crippen LogP contribution in [0.3, 0.4) is 0 Å². The highest BCUT2D eigenvalue weighted by Gasteiger charge is 2.07. The Morgan fingerprint density at radius 1 is 1.33 bits per heavy atom. The number of ketones is 1. The molecule has 4 nitrogen and oxygen atoms in total. The fourth-order valence-electron chi connectivity index (χ4n) is 1.63. The summed E-state index contributed by atoms with van der Waals surface area (Å²) in [5, 5.41) is 0. The lowest BCUT2D eigenvalue weighted by molar-refractivity contribution is -0.119. The Bertz CT molecular complexity index is 506. The third-order valence-electron chi connectivity index (χ3n) is 2.67. The Morgan fingerprint density at radius 2 is 2.11 bits per heavy atom. The van der Waals surface area contributed by atoms with E-state index < -0.39 is 0 Å². The summed E-state index contributed by atoms with van der Waals surface area (Å²) in [6.07, 6.45) is 4.30. The van der Waals surface area contributed by atoms with Crippen molar-refractivity contribution in [3.63, 3.8) is 0 Å². The van der Waals surface area contributed by atoms with Crippen LogP contribution in [-0.2, 0) is 18.3 Å². The molecule has 0 spiro atoms. The van der Waals surface area contributed by atoms with E-state index in [1.54, 1.807) is 6.20 Å². The first-order valence-electron chi connectivity index (χ1n) is 5.91. The Kier molecular flexibility index (Phi) is 4.12. The van der Waals surface area contributed by atoms with E-state index in [4.69, 9.17) is 4.74 Å². The summed E-state index contributed by atoms with van der Waals surface area (Å²) in [7, 11) is 1.89. The number of aromatic nitrogens is 2. The predicted molar refractivity (Wildman–Crippen MR) is 68.5 cm³/mol. The van der Waals surface area contributed by atoms with Crippen molar-refractivity contribution in [1.29, 1.82) is 0 Å². The van der Waals surface area contributed by atoms with E-state index in [0.717, 1.165) is 11.6 Å². The molecule has 1 heterocycles. The molecule has 4 heteroatoms. The maximum Gasteiger partial charge on any atom is 0.143 e. The van der Waals surface area contributed by atoms with Gasteiger partial charge in [0, 0.05) is 25.9 Å². The van der Waals surface area contributed by atoms with Crippen LogP contribution in [0.1, 0.15) is 12.2 Å². The fraction of sp³-hybridized carbons (Fsp3) is 0.286. The van der Waals surface area contributed by atoms with Crippen LogP contribution < -0.4 is 4.74 Å². The van der Waals surface area contributed by atoms with E-state index in [1.165, 1.54) is 0 Å². The molecule has 0 bridgehead atoms. The molecule has 0 saturated carbocycles. The van der Waals surface area contributed by atoms with Gasteiger partial charge < -0.3 is 9.30 Å². The van der Waals surface area contributed by atoms with Gasteiger partial charge in [-0.15, -0.1) is 0 Å². The highest BCUT2D eigenvalue weighted by molar-refractivity contribution is 5.80. The highest BCUT2D eigenvalue weighted by atomic mass is 16.5. The van der Waals surface area contributed by atoms with Gasteiger partial charge in [0.05, 0.1) is 13.0 Å². The minimum absolute atomic E-state index is 0.139. The second kappa shape index (κ2) is 6.00. The van der Waals surface area contributed by atoms with Crippen LogP contribution >= 0.6 is 0 Å². The van der Waals surface area contributed by atoms with Gasteiger partial charge in [0.25, 0.3) is 0 Å². The Morgan fingerprint density at radius 3 is 2.78 bits per heavy atom. The smallest absolute Gasteiger partial charge is 0.143 e. The average Bonchev–Trinajstić information content (AvgIpc) is 2.76. The standard InChI is InChI=1S/C14H16N2O2/c1-16-9-8-15-14(16)11-12(17)7-10-18-13-5-3-2-4-6-13/h2-6,8-9H,7,10-11H2,1H3. The molecule has 0 N–H and O–H groups in total. The zero-order chi connectivity index (χ0) is 12.8. The van der Waals surface area contributed by atoms with Crippen LogP contribution in [0.15, 0.2) is 42.7 Å². The molecule has 2 aromatic rings. The first kappa shape index (κ1) is 12.4. The Balaban J connectivity index is 1.74. The molecule has 0 unspecified atom stereocenters. The molecule has 0 radical (unpaired) electrons. The van der Waals surface area contributed by atoms with Crippen molar-refractivity contribution in [3.05, 3.63) is 48.5 Å². The molecule has 0 fully saturated rings. The summed E-state index contributed by atoms with van der Waals surface area (Å²) < 4.78 is 7.34. The molecule has 0 aliphatic rings. The molecule has 18 heavy (non-hydrogen) atoms. The Hall–Kier alpha value is -2.10. The molecule has 94 valence electrons. The molecule has 1 aromatic heterocycles. The van der Waals surface area contributed by atoms with Crippen molar-refractivity contribution in [3.8, 4) is 5.75 Å². The number of para-hydroxylation sites is 1. The third-order valence-corrected chi connectivity index (χ3v) is 2.67. The fourth-order valence-corrected chi connectivity index (χ4v) is 1.63. The van der Waals surface area contributed by atoms with E-state index in [9.17, 15) is 4.79 Å². The number of carbonyl (C=O) groups excluding carboxylic acids is 1. The first-order valence-corrected chi connectivity index (χ1v) is 5.91. The molecular weight excluding hydrogens is 228 g/mol. The summed E-state index contributed by atoms with van der Waals surface area (Å²) in [4.78, 5) is 15.8. The lowest BCUT2D eigenvalue weighted by Gasteiger charge is -2.05. The number of imidazole rings is 1. The number of hydrogen-bond donors (Lipinski definition) is 0. The van der Waals surface area contributed by atoms with Crippen molar-refractivity contribution in [1.82, 2.24) is 9.55 Å². The topological polar surface area (TPSA) is 44.1 Å². The lowest BCUT2D eigenvalue weighted by atomic mass is 10.2. The molecular formula is C14H16N2O2. The van der Waals surface area contributed by atoms with Crippen LogP contribution in [0.5, 0.6) is 5.75 Å². The van der Waals surface area contributed by atoms with Gasteiger partial charge in [-0.3, -0.25) is 4.79 Å². The highest BCUT2D eigenvalue weighted by Crippen LogP contribution is 2.08. The van der Waals surface area contributed by atoms with Crippen LogP contribution in [-0.4, -0.2) is 21.9 Å². The minimum atomic E-state index is 0.139. The van der Waals surface area contributed by atoms with Gasteiger partial charge in [0.2, 0.25) is 0 Å². The second-order valence-electron chi connectivity index (χ2n) is 4.08. The maximum atomic E-state index is 11.7. The summed E-state index contributed by atoms with van der Waals surface area (Å²) in [6, 6.07) is 9.50. The van der Waals surface area contributed by atoms with Crippen molar-refractivity contribution < 1.29 is 9.53 Å².